The minimum atomic E-state index is -1.31. The lowest BCUT2D eigenvalue weighted by molar-refractivity contribution is -0.145. The van der Waals surface area contributed by atoms with Gasteiger partial charge in [0.1, 0.15) is 11.5 Å². The number of ketones is 1. The van der Waals surface area contributed by atoms with Crippen molar-refractivity contribution in [3.8, 4) is 0 Å². The van der Waals surface area contributed by atoms with Gasteiger partial charge < -0.3 is 15.0 Å². The Kier molecular flexibility index (Phi) is 6.78. The number of benzene rings is 3. The molecule has 0 radical (unpaired) electrons. The predicted molar refractivity (Wildman–Crippen MR) is 156 cm³/mol. The van der Waals surface area contributed by atoms with Gasteiger partial charge in [-0.15, -0.1) is 0 Å². The summed E-state index contributed by atoms with van der Waals surface area (Å²) in [6.07, 6.45) is 8.32. The molecule has 3 heterocycles. The quantitative estimate of drug-likeness (QED) is 0.219. The Hall–Kier alpha value is -4.19. The van der Waals surface area contributed by atoms with Crippen molar-refractivity contribution in [2.45, 2.75) is 57.0 Å². The van der Waals surface area contributed by atoms with Gasteiger partial charge in [-0.3, -0.25) is 9.59 Å². The van der Waals surface area contributed by atoms with Crippen molar-refractivity contribution < 1.29 is 19.1 Å². The minimum absolute atomic E-state index is 0.175. The summed E-state index contributed by atoms with van der Waals surface area (Å²) in [4.78, 5) is 44.7. The fourth-order valence-electron chi connectivity index (χ4n) is 6.91. The van der Waals surface area contributed by atoms with Gasteiger partial charge in [0.25, 0.3) is 0 Å². The van der Waals surface area contributed by atoms with Gasteiger partial charge in [0.15, 0.2) is 5.78 Å². The van der Waals surface area contributed by atoms with Crippen LogP contribution in [0.25, 0.3) is 6.08 Å². The fraction of sp³-hybridized carbons (Fsp3) is 0.324. The summed E-state index contributed by atoms with van der Waals surface area (Å²) in [5.41, 5.74) is 3.51. The summed E-state index contributed by atoms with van der Waals surface area (Å²) in [6.45, 7) is 4.11. The summed E-state index contributed by atoms with van der Waals surface area (Å²) in [6, 6.07) is 21.5. The number of anilines is 2. The zero-order valence-electron chi connectivity index (χ0n) is 22.9. The van der Waals surface area contributed by atoms with E-state index < -0.39 is 29.4 Å². The molecule has 3 aromatic rings. The van der Waals surface area contributed by atoms with E-state index in [1.807, 2.05) is 89.8 Å². The maximum absolute atomic E-state index is 14.7. The Bertz CT molecular complexity index is 1490. The number of ether oxygens (including phenoxy) is 1. The highest BCUT2D eigenvalue weighted by atomic mass is 16.5. The van der Waals surface area contributed by atoms with Gasteiger partial charge in [-0.1, -0.05) is 92.6 Å². The van der Waals surface area contributed by atoms with E-state index in [-0.39, 0.29) is 18.3 Å². The summed E-state index contributed by atoms with van der Waals surface area (Å²) in [7, 11) is 0. The van der Waals surface area contributed by atoms with E-state index in [9.17, 15) is 14.4 Å². The van der Waals surface area contributed by atoms with E-state index in [1.165, 1.54) is 5.56 Å². The molecular formula is C34H34N2O4. The van der Waals surface area contributed by atoms with Crippen LogP contribution < -0.4 is 10.2 Å². The number of carbonyl (C=O) groups excluding carboxylic acids is 3. The molecule has 3 aliphatic heterocycles. The first-order chi connectivity index (χ1) is 19.5. The summed E-state index contributed by atoms with van der Waals surface area (Å²) < 4.78 is 5.62. The van der Waals surface area contributed by atoms with Gasteiger partial charge in [-0.05, 0) is 48.6 Å². The monoisotopic (exact) mass is 534 g/mol. The summed E-state index contributed by atoms with van der Waals surface area (Å²) >= 11 is 0. The molecule has 3 aromatic carbocycles. The average molecular weight is 535 g/mol. The number of para-hydroxylation sites is 2. The summed E-state index contributed by atoms with van der Waals surface area (Å²) in [5.74, 6) is -2.00. The van der Waals surface area contributed by atoms with Gasteiger partial charge in [-0.25, -0.2) is 4.79 Å². The van der Waals surface area contributed by atoms with Crippen LogP contribution in [-0.2, 0) is 26.2 Å². The number of amides is 1. The number of fused-ring (bicyclic) bond motifs is 6. The van der Waals surface area contributed by atoms with E-state index in [2.05, 4.69) is 12.2 Å². The van der Waals surface area contributed by atoms with E-state index in [4.69, 9.17) is 4.74 Å². The molecule has 4 atom stereocenters. The number of rotatable bonds is 8. The molecule has 0 bridgehead atoms. The highest BCUT2D eigenvalue weighted by Crippen LogP contribution is 2.57. The van der Waals surface area contributed by atoms with Crippen LogP contribution in [0.5, 0.6) is 0 Å². The Morgan fingerprint density at radius 2 is 1.70 bits per heavy atom. The zero-order valence-corrected chi connectivity index (χ0v) is 22.9. The molecule has 0 saturated carbocycles. The molecule has 1 N–H and O–H groups in total. The largest absolute Gasteiger partial charge is 0.464 e. The molecule has 6 rings (SSSR count). The Balaban J connectivity index is 1.53. The van der Waals surface area contributed by atoms with E-state index in [0.717, 1.165) is 42.5 Å². The number of Topliss-reactive ketones (excluding diaryl/α,β-unsaturated/α-hetero) is 1. The predicted octanol–water partition coefficient (Wildman–Crippen LogP) is 5.96. The highest BCUT2D eigenvalue weighted by molar-refractivity contribution is 6.16. The molecule has 6 heteroatoms. The topological polar surface area (TPSA) is 75.7 Å². The number of esters is 1. The van der Waals surface area contributed by atoms with E-state index >= 15 is 0 Å². The fourth-order valence-corrected chi connectivity index (χ4v) is 6.91. The molecule has 40 heavy (non-hydrogen) atoms. The molecule has 1 spiro atoms. The second-order valence-electron chi connectivity index (χ2n) is 10.8. The molecule has 1 saturated heterocycles. The van der Waals surface area contributed by atoms with Gasteiger partial charge >= 0.3 is 5.97 Å². The number of nitrogens with zero attached hydrogens (tertiary/aromatic N) is 1. The van der Waals surface area contributed by atoms with Crippen LogP contribution in [0.2, 0.25) is 0 Å². The smallest absolute Gasteiger partial charge is 0.329 e. The van der Waals surface area contributed by atoms with E-state index in [1.54, 1.807) is 6.92 Å². The van der Waals surface area contributed by atoms with Crippen molar-refractivity contribution in [1.29, 1.82) is 0 Å². The third-order valence-electron chi connectivity index (χ3n) is 8.66. The first-order valence-corrected chi connectivity index (χ1v) is 14.3. The van der Waals surface area contributed by atoms with Crippen LogP contribution in [0.15, 0.2) is 78.9 Å². The highest BCUT2D eigenvalue weighted by Gasteiger charge is 2.70. The van der Waals surface area contributed by atoms with Crippen molar-refractivity contribution in [3.63, 3.8) is 0 Å². The molecule has 0 aromatic heterocycles. The van der Waals surface area contributed by atoms with Crippen molar-refractivity contribution in [2.75, 3.05) is 16.8 Å². The molecule has 6 nitrogen and oxygen atoms in total. The number of carbonyl (C=O) groups is 3. The van der Waals surface area contributed by atoms with Gasteiger partial charge in [0.2, 0.25) is 5.91 Å². The molecule has 3 aliphatic rings. The van der Waals surface area contributed by atoms with Crippen LogP contribution >= 0.6 is 0 Å². The standard InChI is InChI=1S/C34H34N2O4/c1-3-5-6-11-22-16-18-24(19-17-22)31(37)29-30(32(38)40-4-2)36-27-15-10-7-12-23(27)20-21-28(36)34(29)25-13-8-9-14-26(25)35-33(34)39/h7-10,12-21,28-30H,3-6,11H2,1-2H3,(H,35,39)/t28-,29+,30-,34+/m1/s1. The van der Waals surface area contributed by atoms with Gasteiger partial charge in [-0.2, -0.15) is 0 Å². The Labute approximate surface area is 235 Å². The normalized spacial score (nSPS) is 23.9. The summed E-state index contributed by atoms with van der Waals surface area (Å²) in [5, 5.41) is 3.05. The SMILES string of the molecule is CCCCCc1ccc(C(=O)[C@@H]2[C@H](C(=O)OCC)N3c4ccccc4C=C[C@@H]3[C@]23C(=O)Nc2ccccc23)cc1. The maximum Gasteiger partial charge on any atom is 0.329 e. The number of hydrogen-bond acceptors (Lipinski definition) is 5. The number of unbranched alkanes of at least 4 members (excludes halogenated alkanes) is 2. The first kappa shape index (κ1) is 26.1. The van der Waals surface area contributed by atoms with Crippen molar-refractivity contribution in [3.05, 3.63) is 101 Å². The first-order valence-electron chi connectivity index (χ1n) is 14.3. The van der Waals surface area contributed by atoms with Crippen LogP contribution in [0, 0.1) is 5.92 Å². The molecule has 204 valence electrons. The maximum atomic E-state index is 14.7. The van der Waals surface area contributed by atoms with E-state index in [0.29, 0.717) is 11.3 Å². The van der Waals surface area contributed by atoms with Crippen molar-refractivity contribution in [1.82, 2.24) is 0 Å². The van der Waals surface area contributed by atoms with Crippen LogP contribution in [0.1, 0.15) is 60.2 Å². The van der Waals surface area contributed by atoms with Crippen LogP contribution in [0.3, 0.4) is 0 Å². The lowest BCUT2D eigenvalue weighted by atomic mass is 9.64. The molecular weight excluding hydrogens is 500 g/mol. The van der Waals surface area contributed by atoms with Gasteiger partial charge in [0, 0.05) is 16.9 Å². The third kappa shape index (κ3) is 3.88. The number of nitrogens with one attached hydrogen (secondary N) is 1. The van der Waals surface area contributed by atoms with Gasteiger partial charge in [0.05, 0.1) is 18.6 Å². The van der Waals surface area contributed by atoms with Crippen LogP contribution in [0.4, 0.5) is 11.4 Å². The number of hydrogen-bond donors (Lipinski definition) is 1. The second-order valence-corrected chi connectivity index (χ2v) is 10.8. The van der Waals surface area contributed by atoms with Crippen molar-refractivity contribution >= 4 is 35.1 Å². The third-order valence-corrected chi connectivity index (χ3v) is 8.66. The molecule has 0 aliphatic carbocycles. The number of aryl methyl sites for hydroxylation is 1. The Morgan fingerprint density at radius 1 is 0.950 bits per heavy atom. The zero-order chi connectivity index (χ0) is 27.9. The lowest BCUT2D eigenvalue weighted by Gasteiger charge is -2.37. The van der Waals surface area contributed by atoms with Crippen molar-refractivity contribution in [2.24, 2.45) is 5.92 Å². The second kappa shape index (κ2) is 10.4. The molecule has 0 unspecified atom stereocenters. The molecule has 1 fully saturated rings. The average Bonchev–Trinajstić information content (AvgIpc) is 3.46. The van der Waals surface area contributed by atoms with Crippen LogP contribution in [-0.4, -0.2) is 36.4 Å². The molecule has 1 amide bonds. The Morgan fingerprint density at radius 3 is 2.48 bits per heavy atom. The minimum Gasteiger partial charge on any atom is -0.464 e. The lowest BCUT2D eigenvalue weighted by Crippen LogP contribution is -2.51.